The molecule has 0 N–H and O–H groups in total. The van der Waals surface area contributed by atoms with Crippen LogP contribution in [0, 0.1) is 0 Å². The third kappa shape index (κ3) is 3.39. The van der Waals surface area contributed by atoms with Crippen molar-refractivity contribution in [2.24, 2.45) is 0 Å². The number of fused-ring (bicyclic) bond motifs is 8. The van der Waals surface area contributed by atoms with E-state index in [4.69, 9.17) is 0 Å². The molecule has 0 aromatic heterocycles. The second-order valence-corrected chi connectivity index (χ2v) is 11.3. The number of nitrogens with zero attached hydrogens (tertiary/aromatic N) is 1. The van der Waals surface area contributed by atoms with E-state index in [9.17, 15) is 0 Å². The fourth-order valence-corrected chi connectivity index (χ4v) is 7.26. The molecular weight excluding hydrogens is 505 g/mol. The highest BCUT2D eigenvalue weighted by atomic mass is 15.1. The smallest absolute Gasteiger partial charge is 0.244 e. The topological polar surface area (TPSA) is 3.24 Å². The Morgan fingerprint density at radius 1 is 0.405 bits per heavy atom. The van der Waals surface area contributed by atoms with E-state index in [0.29, 0.717) is 0 Å². The molecule has 2 aliphatic heterocycles. The van der Waals surface area contributed by atoms with Crippen molar-refractivity contribution < 1.29 is 0 Å². The lowest BCUT2D eigenvalue weighted by Crippen LogP contribution is -2.45. The van der Waals surface area contributed by atoms with E-state index in [2.05, 4.69) is 163 Å². The molecule has 0 unspecified atom stereocenters. The fourth-order valence-electron chi connectivity index (χ4n) is 7.26. The van der Waals surface area contributed by atoms with Crippen LogP contribution in [0.15, 0.2) is 158 Å². The van der Waals surface area contributed by atoms with Gasteiger partial charge >= 0.3 is 0 Å². The first kappa shape index (κ1) is 23.4. The van der Waals surface area contributed by atoms with Gasteiger partial charge in [-0.15, -0.1) is 0 Å². The summed E-state index contributed by atoms with van der Waals surface area (Å²) in [6.45, 7) is 0.255. The van der Waals surface area contributed by atoms with Crippen LogP contribution in [0.3, 0.4) is 0 Å². The van der Waals surface area contributed by atoms with Crippen molar-refractivity contribution in [3.63, 3.8) is 0 Å². The van der Waals surface area contributed by atoms with Gasteiger partial charge < -0.3 is 4.90 Å². The molecule has 0 saturated carbocycles. The lowest BCUT2D eigenvalue weighted by Gasteiger charge is -2.26. The average Bonchev–Trinajstić information content (AvgIpc) is 3.57. The first-order chi connectivity index (χ1) is 20.8. The highest BCUT2D eigenvalue weighted by Gasteiger charge is 2.42. The van der Waals surface area contributed by atoms with Crippen LogP contribution in [0.1, 0.15) is 0 Å². The molecule has 0 fully saturated rings. The third-order valence-electron chi connectivity index (χ3n) is 9.04. The lowest BCUT2D eigenvalue weighted by molar-refractivity contribution is 1.29. The van der Waals surface area contributed by atoms with Gasteiger partial charge in [0.25, 0.3) is 0 Å². The average molecular weight is 531 g/mol. The molecule has 194 valence electrons. The third-order valence-corrected chi connectivity index (χ3v) is 9.04. The van der Waals surface area contributed by atoms with Crippen molar-refractivity contribution in [1.82, 2.24) is 0 Å². The Morgan fingerprint density at radius 2 is 1.02 bits per heavy atom. The second-order valence-electron chi connectivity index (χ2n) is 11.3. The molecular formula is C40H26BN. The molecule has 0 radical (unpaired) electrons. The van der Waals surface area contributed by atoms with E-state index in [0.717, 1.165) is 11.4 Å². The number of hydrogen-bond acceptors (Lipinski definition) is 1. The summed E-state index contributed by atoms with van der Waals surface area (Å²) in [6, 6.07) is 57.6. The zero-order valence-electron chi connectivity index (χ0n) is 23.0. The Bertz CT molecular complexity index is 2100. The van der Waals surface area contributed by atoms with Crippen molar-refractivity contribution >= 4 is 50.9 Å². The summed E-state index contributed by atoms with van der Waals surface area (Å²) in [5.41, 5.74) is 15.8. The summed E-state index contributed by atoms with van der Waals surface area (Å²) in [5.74, 6) is 0. The van der Waals surface area contributed by atoms with E-state index in [1.807, 2.05) is 0 Å². The molecule has 0 saturated heterocycles. The maximum Gasteiger partial charge on any atom is 0.244 e. The molecule has 1 nitrogen and oxygen atoms in total. The van der Waals surface area contributed by atoms with Crippen molar-refractivity contribution in [2.45, 2.75) is 0 Å². The fraction of sp³-hybridized carbons (Fsp3) is 0. The highest BCUT2D eigenvalue weighted by Crippen LogP contribution is 2.43. The SMILES string of the molecule is c1ccc(-c2ccc3c(c2)-c2cc4ccccc4c4c2B3c2ccc(N(c3ccccc3)c3ccccc3)cc2-4)cc1. The summed E-state index contributed by atoms with van der Waals surface area (Å²) in [5, 5.41) is 2.63. The van der Waals surface area contributed by atoms with E-state index in [1.165, 1.54) is 66.2 Å². The Labute approximate surface area is 246 Å². The van der Waals surface area contributed by atoms with Gasteiger partial charge in [0.1, 0.15) is 0 Å². The summed E-state index contributed by atoms with van der Waals surface area (Å²) in [7, 11) is 0. The number of hydrogen-bond donors (Lipinski definition) is 0. The molecule has 0 aliphatic carbocycles. The molecule has 0 bridgehead atoms. The van der Waals surface area contributed by atoms with Crippen LogP contribution in [-0.2, 0) is 0 Å². The maximum absolute atomic E-state index is 2.43. The molecule has 0 amide bonds. The van der Waals surface area contributed by atoms with Crippen molar-refractivity contribution in [2.75, 3.05) is 4.90 Å². The van der Waals surface area contributed by atoms with Gasteiger partial charge in [-0.2, -0.15) is 0 Å². The predicted molar refractivity (Wildman–Crippen MR) is 180 cm³/mol. The van der Waals surface area contributed by atoms with Gasteiger partial charge in [-0.25, -0.2) is 0 Å². The Kier molecular flexibility index (Phi) is 5.06. The summed E-state index contributed by atoms with van der Waals surface area (Å²) in [4.78, 5) is 2.37. The molecule has 2 heteroatoms. The van der Waals surface area contributed by atoms with Crippen LogP contribution < -0.4 is 21.3 Å². The van der Waals surface area contributed by atoms with Gasteiger partial charge in [0.2, 0.25) is 6.71 Å². The van der Waals surface area contributed by atoms with Gasteiger partial charge in [-0.1, -0.05) is 126 Å². The highest BCUT2D eigenvalue weighted by molar-refractivity contribution is 7.02. The van der Waals surface area contributed by atoms with Crippen LogP contribution in [0.5, 0.6) is 0 Å². The minimum atomic E-state index is 0.255. The van der Waals surface area contributed by atoms with Crippen LogP contribution in [0.25, 0.3) is 44.2 Å². The molecule has 42 heavy (non-hydrogen) atoms. The minimum Gasteiger partial charge on any atom is -0.310 e. The van der Waals surface area contributed by atoms with Crippen LogP contribution in [0.4, 0.5) is 17.1 Å². The van der Waals surface area contributed by atoms with Crippen LogP contribution in [-0.4, -0.2) is 6.71 Å². The van der Waals surface area contributed by atoms with Gasteiger partial charge in [-0.3, -0.25) is 0 Å². The van der Waals surface area contributed by atoms with E-state index < -0.39 is 0 Å². The quantitative estimate of drug-likeness (QED) is 0.206. The normalized spacial score (nSPS) is 12.2. The zero-order chi connectivity index (χ0) is 27.6. The molecule has 7 aromatic carbocycles. The van der Waals surface area contributed by atoms with Gasteiger partial charge in [0.05, 0.1) is 0 Å². The van der Waals surface area contributed by atoms with E-state index in [-0.39, 0.29) is 6.71 Å². The molecule has 2 heterocycles. The number of rotatable bonds is 4. The lowest BCUT2D eigenvalue weighted by atomic mass is 9.41. The summed E-state index contributed by atoms with van der Waals surface area (Å²) in [6.07, 6.45) is 0. The molecule has 2 aliphatic rings. The monoisotopic (exact) mass is 531 g/mol. The molecule has 9 rings (SSSR count). The van der Waals surface area contributed by atoms with Gasteiger partial charge in [-0.05, 0) is 92.7 Å². The zero-order valence-corrected chi connectivity index (χ0v) is 23.0. The Balaban J connectivity index is 1.28. The second kappa shape index (κ2) is 9.09. The van der Waals surface area contributed by atoms with Crippen LogP contribution in [0.2, 0.25) is 0 Å². The molecule has 0 atom stereocenters. The molecule has 7 aromatic rings. The van der Waals surface area contributed by atoms with Crippen molar-refractivity contribution in [3.8, 4) is 33.4 Å². The Hall–Kier alpha value is -5.34. The summed E-state index contributed by atoms with van der Waals surface area (Å²) >= 11 is 0. The summed E-state index contributed by atoms with van der Waals surface area (Å²) < 4.78 is 0. The first-order valence-electron chi connectivity index (χ1n) is 14.6. The van der Waals surface area contributed by atoms with Crippen molar-refractivity contribution in [1.29, 1.82) is 0 Å². The largest absolute Gasteiger partial charge is 0.310 e. The van der Waals surface area contributed by atoms with Gasteiger partial charge in [0, 0.05) is 17.1 Å². The van der Waals surface area contributed by atoms with Crippen LogP contribution >= 0.6 is 0 Å². The van der Waals surface area contributed by atoms with E-state index in [1.54, 1.807) is 0 Å². The predicted octanol–water partition coefficient (Wildman–Crippen LogP) is 8.45. The van der Waals surface area contributed by atoms with Gasteiger partial charge in [0.15, 0.2) is 0 Å². The van der Waals surface area contributed by atoms with E-state index >= 15 is 0 Å². The standard InChI is InChI=1S/C40H26BN/c1-4-12-27(13-5-1)28-20-22-37-34(24-28)35-25-29-14-10-11-19-33(29)39-36-26-32(21-23-38(36)41(37)40(35)39)42(30-15-6-2-7-16-30)31-17-8-3-9-18-31/h1-26H. The number of anilines is 3. The number of para-hydroxylation sites is 2. The molecule has 0 spiro atoms. The van der Waals surface area contributed by atoms with Crippen molar-refractivity contribution in [3.05, 3.63) is 158 Å². The minimum absolute atomic E-state index is 0.255. The maximum atomic E-state index is 2.43. The Morgan fingerprint density at radius 3 is 1.76 bits per heavy atom. The number of benzene rings is 7. The first-order valence-corrected chi connectivity index (χ1v) is 14.6.